The van der Waals surface area contributed by atoms with Crippen molar-refractivity contribution in [3.63, 3.8) is 0 Å². The molecule has 0 fully saturated rings. The second kappa shape index (κ2) is 4.97. The number of hydrogen-bond acceptors (Lipinski definition) is 3. The van der Waals surface area contributed by atoms with Gasteiger partial charge >= 0.3 is 0 Å². The molecular weight excluding hydrogens is 238 g/mol. The zero-order chi connectivity index (χ0) is 14.0. The molecule has 1 aromatic heterocycles. The van der Waals surface area contributed by atoms with Gasteiger partial charge in [-0.25, -0.2) is 0 Å². The number of carbonyl (C=O) groups is 1. The van der Waals surface area contributed by atoms with Crippen LogP contribution in [0.1, 0.15) is 20.8 Å². The molecule has 4 nitrogen and oxygen atoms in total. The highest BCUT2D eigenvalue weighted by molar-refractivity contribution is 6.02. The van der Waals surface area contributed by atoms with Gasteiger partial charge in [-0.2, -0.15) is 0 Å². The van der Waals surface area contributed by atoms with Gasteiger partial charge in [0.25, 0.3) is 0 Å². The van der Waals surface area contributed by atoms with Gasteiger partial charge in [0.05, 0.1) is 17.2 Å². The molecule has 0 aliphatic heterocycles. The Bertz CT molecular complexity index is 596. The first kappa shape index (κ1) is 13.5. The molecule has 100 valence electrons. The summed E-state index contributed by atoms with van der Waals surface area (Å²) in [5.41, 5.74) is 7.15. The molecule has 0 aliphatic rings. The minimum Gasteiger partial charge on any atom is -0.323 e. The van der Waals surface area contributed by atoms with Crippen LogP contribution in [0.15, 0.2) is 36.5 Å². The average molecular weight is 257 g/mol. The summed E-state index contributed by atoms with van der Waals surface area (Å²) in [5, 5.41) is 3.86. The number of anilines is 1. The average Bonchev–Trinajstić information content (AvgIpc) is 2.37. The molecule has 0 radical (unpaired) electrons. The highest BCUT2D eigenvalue weighted by Crippen LogP contribution is 2.23. The number of benzene rings is 1. The van der Waals surface area contributed by atoms with Gasteiger partial charge in [0, 0.05) is 11.6 Å². The summed E-state index contributed by atoms with van der Waals surface area (Å²) in [6.45, 7) is 5.83. The number of nitrogens with one attached hydrogen (secondary N) is 1. The lowest BCUT2D eigenvalue weighted by atomic mass is 9.87. The molecule has 0 saturated heterocycles. The summed E-state index contributed by atoms with van der Waals surface area (Å²) >= 11 is 0. The van der Waals surface area contributed by atoms with Gasteiger partial charge in [-0.3, -0.25) is 9.78 Å². The van der Waals surface area contributed by atoms with E-state index < -0.39 is 6.04 Å². The molecule has 3 N–H and O–H groups in total. The number of amides is 1. The van der Waals surface area contributed by atoms with Crippen molar-refractivity contribution in [3.05, 3.63) is 36.5 Å². The molecule has 0 aliphatic carbocycles. The Labute approximate surface area is 113 Å². The van der Waals surface area contributed by atoms with Crippen LogP contribution < -0.4 is 11.1 Å². The van der Waals surface area contributed by atoms with Gasteiger partial charge in [0.2, 0.25) is 5.91 Å². The van der Waals surface area contributed by atoms with E-state index in [-0.39, 0.29) is 11.3 Å². The standard InChI is InChI=1S/C15H19N3O/c1-15(2,3)13(16)14(19)18-11-8-4-6-10-7-5-9-17-12(10)11/h4-9,13H,16H2,1-3H3,(H,18,19)/t13-/m0/s1. The van der Waals surface area contributed by atoms with Gasteiger partial charge in [-0.15, -0.1) is 0 Å². The summed E-state index contributed by atoms with van der Waals surface area (Å²) in [7, 11) is 0. The predicted molar refractivity (Wildman–Crippen MR) is 77.8 cm³/mol. The maximum atomic E-state index is 12.1. The highest BCUT2D eigenvalue weighted by Gasteiger charge is 2.27. The van der Waals surface area contributed by atoms with E-state index in [1.54, 1.807) is 6.20 Å². The van der Waals surface area contributed by atoms with Gasteiger partial charge in [-0.05, 0) is 17.5 Å². The molecule has 1 amide bonds. The third-order valence-electron chi connectivity index (χ3n) is 3.11. The monoisotopic (exact) mass is 257 g/mol. The number of aromatic nitrogens is 1. The summed E-state index contributed by atoms with van der Waals surface area (Å²) in [6.07, 6.45) is 1.71. The van der Waals surface area contributed by atoms with Crippen molar-refractivity contribution in [2.45, 2.75) is 26.8 Å². The Kier molecular flexibility index (Phi) is 3.53. The first-order valence-electron chi connectivity index (χ1n) is 6.30. The van der Waals surface area contributed by atoms with Crippen LogP contribution in [0, 0.1) is 5.41 Å². The smallest absolute Gasteiger partial charge is 0.241 e. The van der Waals surface area contributed by atoms with Crippen LogP contribution in [-0.4, -0.2) is 16.9 Å². The summed E-state index contributed by atoms with van der Waals surface area (Å²) in [6, 6.07) is 8.95. The lowest BCUT2D eigenvalue weighted by Gasteiger charge is -2.25. The van der Waals surface area contributed by atoms with E-state index in [9.17, 15) is 4.79 Å². The zero-order valence-electron chi connectivity index (χ0n) is 11.5. The normalized spacial score (nSPS) is 13.3. The number of fused-ring (bicyclic) bond motifs is 1. The quantitative estimate of drug-likeness (QED) is 0.868. The third kappa shape index (κ3) is 2.90. The molecule has 1 aromatic carbocycles. The van der Waals surface area contributed by atoms with E-state index in [1.165, 1.54) is 0 Å². The SMILES string of the molecule is CC(C)(C)[C@@H](N)C(=O)Nc1cccc2cccnc12. The Morgan fingerprint density at radius 3 is 2.63 bits per heavy atom. The fourth-order valence-corrected chi connectivity index (χ4v) is 1.81. The van der Waals surface area contributed by atoms with Crippen LogP contribution in [0.4, 0.5) is 5.69 Å². The van der Waals surface area contributed by atoms with Crippen molar-refractivity contribution in [1.82, 2.24) is 4.98 Å². The molecule has 0 unspecified atom stereocenters. The van der Waals surface area contributed by atoms with E-state index in [1.807, 2.05) is 51.1 Å². The van der Waals surface area contributed by atoms with Gasteiger partial charge in [0.15, 0.2) is 0 Å². The maximum Gasteiger partial charge on any atom is 0.241 e. The number of nitrogens with two attached hydrogens (primary N) is 1. The number of pyridine rings is 1. The van der Waals surface area contributed by atoms with Crippen LogP contribution in [-0.2, 0) is 4.79 Å². The third-order valence-corrected chi connectivity index (χ3v) is 3.11. The van der Waals surface area contributed by atoms with Gasteiger partial charge < -0.3 is 11.1 Å². The second-order valence-electron chi connectivity index (χ2n) is 5.71. The lowest BCUT2D eigenvalue weighted by Crippen LogP contribution is -2.45. The fourth-order valence-electron chi connectivity index (χ4n) is 1.81. The topological polar surface area (TPSA) is 68.0 Å². The first-order chi connectivity index (χ1) is 8.89. The van der Waals surface area contributed by atoms with Crippen molar-refractivity contribution in [3.8, 4) is 0 Å². The Morgan fingerprint density at radius 1 is 1.26 bits per heavy atom. The van der Waals surface area contributed by atoms with Crippen LogP contribution in [0.3, 0.4) is 0 Å². The Hall–Kier alpha value is -1.94. The van der Waals surface area contributed by atoms with Crippen LogP contribution >= 0.6 is 0 Å². The lowest BCUT2D eigenvalue weighted by molar-refractivity contribution is -0.119. The maximum absolute atomic E-state index is 12.1. The molecule has 1 atom stereocenters. The molecule has 4 heteroatoms. The van der Waals surface area contributed by atoms with Crippen molar-refractivity contribution in [2.24, 2.45) is 11.1 Å². The van der Waals surface area contributed by atoms with Crippen molar-refractivity contribution >= 4 is 22.5 Å². The first-order valence-corrected chi connectivity index (χ1v) is 6.30. The molecule has 0 saturated carbocycles. The molecule has 0 bridgehead atoms. The van der Waals surface area contributed by atoms with Crippen molar-refractivity contribution in [1.29, 1.82) is 0 Å². The van der Waals surface area contributed by atoms with Crippen molar-refractivity contribution < 1.29 is 4.79 Å². The molecule has 0 spiro atoms. The number of rotatable bonds is 2. The number of hydrogen-bond donors (Lipinski definition) is 2. The Morgan fingerprint density at radius 2 is 1.95 bits per heavy atom. The number of carbonyl (C=O) groups excluding carboxylic acids is 1. The second-order valence-corrected chi connectivity index (χ2v) is 5.71. The van der Waals surface area contributed by atoms with E-state index in [0.717, 1.165) is 10.9 Å². The van der Waals surface area contributed by atoms with Crippen LogP contribution in [0.2, 0.25) is 0 Å². The highest BCUT2D eigenvalue weighted by atomic mass is 16.2. The minimum atomic E-state index is -0.563. The van der Waals surface area contributed by atoms with E-state index >= 15 is 0 Å². The van der Waals surface area contributed by atoms with E-state index in [2.05, 4.69) is 10.3 Å². The fraction of sp³-hybridized carbons (Fsp3) is 0.333. The molecule has 2 aromatic rings. The minimum absolute atomic E-state index is 0.189. The largest absolute Gasteiger partial charge is 0.323 e. The van der Waals surface area contributed by atoms with Gasteiger partial charge in [0.1, 0.15) is 0 Å². The molecule has 1 heterocycles. The van der Waals surface area contributed by atoms with Crippen LogP contribution in [0.25, 0.3) is 10.9 Å². The zero-order valence-corrected chi connectivity index (χ0v) is 11.5. The summed E-state index contributed by atoms with van der Waals surface area (Å²) in [5.74, 6) is -0.189. The predicted octanol–water partition coefficient (Wildman–Crippen LogP) is 2.55. The number of para-hydroxylation sites is 1. The Balaban J connectivity index is 2.29. The molecule has 19 heavy (non-hydrogen) atoms. The van der Waals surface area contributed by atoms with Gasteiger partial charge in [-0.1, -0.05) is 39.0 Å². The van der Waals surface area contributed by atoms with E-state index in [0.29, 0.717) is 5.69 Å². The van der Waals surface area contributed by atoms with E-state index in [4.69, 9.17) is 5.73 Å². The molecule has 2 rings (SSSR count). The molecular formula is C15H19N3O. The summed E-state index contributed by atoms with van der Waals surface area (Å²) < 4.78 is 0. The summed E-state index contributed by atoms with van der Waals surface area (Å²) in [4.78, 5) is 16.4. The van der Waals surface area contributed by atoms with Crippen LogP contribution in [0.5, 0.6) is 0 Å². The van der Waals surface area contributed by atoms with Crippen molar-refractivity contribution in [2.75, 3.05) is 5.32 Å². The number of nitrogens with zero attached hydrogens (tertiary/aromatic N) is 1.